The molecule has 3 fully saturated rings. The van der Waals surface area contributed by atoms with Gasteiger partial charge in [0.25, 0.3) is 5.91 Å². The number of ether oxygens (including phenoxy) is 2. The van der Waals surface area contributed by atoms with Gasteiger partial charge in [0.05, 0.1) is 29.7 Å². The Hall–Kier alpha value is -3.39. The molecule has 4 aromatic rings. The van der Waals surface area contributed by atoms with Crippen LogP contribution in [0.1, 0.15) is 22.8 Å². The first kappa shape index (κ1) is 30.9. The summed E-state index contributed by atoms with van der Waals surface area (Å²) < 4.78 is 13.1. The van der Waals surface area contributed by atoms with Crippen LogP contribution in [-0.4, -0.2) is 41.7 Å². The second kappa shape index (κ2) is 11.9. The molecule has 7 atom stereocenters. The van der Waals surface area contributed by atoms with Crippen LogP contribution in [0, 0.1) is 29.6 Å². The number of anilines is 2. The van der Waals surface area contributed by atoms with E-state index in [4.69, 9.17) is 9.47 Å². The minimum atomic E-state index is -0.426. The predicted octanol–water partition coefficient (Wildman–Crippen LogP) is 6.67. The summed E-state index contributed by atoms with van der Waals surface area (Å²) in [6, 6.07) is 20.0. The smallest absolute Gasteiger partial charge is 0.305 e. The van der Waals surface area contributed by atoms with Gasteiger partial charge in [-0.1, -0.05) is 43.2 Å². The highest BCUT2D eigenvalue weighted by atomic mass is 79.9. The van der Waals surface area contributed by atoms with Gasteiger partial charge in [-0.15, -0.1) is 11.8 Å². The number of nitrogens with one attached hydrogen (secondary N) is 2. The summed E-state index contributed by atoms with van der Waals surface area (Å²) >= 11 is 9.89. The van der Waals surface area contributed by atoms with E-state index in [0.717, 1.165) is 30.8 Å². The van der Waals surface area contributed by atoms with E-state index in [2.05, 4.69) is 42.2 Å². The largest absolute Gasteiger partial charge is 0.497 e. The molecule has 9 nitrogen and oxygen atoms in total. The standard InChI is InChI=1S/C34H27Br2N3O6S2/c1-44-19-9-5-17(6-10-19)37-24(40)14-45-23-11-4-16(36)12-20(23)25-26-21-13-22(29(26)46-31-30(25)47-34(43)38-31)28-27(21)32(41)39(33(28)42)18-7-2-15(35)3-8-18/h2-12,21-22,25-29H,13-14H2,1H3,(H,37,40)(H,38,43)/t21?,22?,25-,26?,27?,28?,29?/m1/s1. The molecule has 13 heteroatoms. The van der Waals surface area contributed by atoms with Crippen molar-refractivity contribution in [3.63, 3.8) is 0 Å². The number of methoxy groups -OCH3 is 1. The Labute approximate surface area is 294 Å². The monoisotopic (exact) mass is 795 g/mol. The van der Waals surface area contributed by atoms with Crippen LogP contribution >= 0.6 is 55.0 Å². The molecular weight excluding hydrogens is 770 g/mol. The molecular formula is C34H27Br2N3O6S2. The van der Waals surface area contributed by atoms with Crippen LogP contribution in [0.3, 0.4) is 0 Å². The Morgan fingerprint density at radius 2 is 1.66 bits per heavy atom. The van der Waals surface area contributed by atoms with E-state index in [1.54, 1.807) is 55.3 Å². The molecule has 240 valence electrons. The number of aromatic nitrogens is 1. The summed E-state index contributed by atoms with van der Waals surface area (Å²) in [5.74, 6) is -0.552. The number of benzene rings is 3. The van der Waals surface area contributed by atoms with Gasteiger partial charge in [0.2, 0.25) is 11.8 Å². The van der Waals surface area contributed by atoms with Gasteiger partial charge in [-0.2, -0.15) is 0 Å². The number of aromatic amines is 1. The van der Waals surface area contributed by atoms with Gasteiger partial charge in [-0.05, 0) is 90.9 Å². The molecule has 3 amide bonds. The van der Waals surface area contributed by atoms with Crippen LogP contribution in [0.4, 0.5) is 11.4 Å². The zero-order chi connectivity index (χ0) is 32.6. The van der Waals surface area contributed by atoms with E-state index in [1.807, 2.05) is 30.3 Å². The first-order valence-electron chi connectivity index (χ1n) is 15.1. The van der Waals surface area contributed by atoms with E-state index in [9.17, 15) is 19.2 Å². The Morgan fingerprint density at radius 3 is 2.38 bits per heavy atom. The summed E-state index contributed by atoms with van der Waals surface area (Å²) in [5.41, 5.74) is 2.05. The number of H-pyrrole nitrogens is 1. The molecule has 2 N–H and O–H groups in total. The van der Waals surface area contributed by atoms with Crippen LogP contribution in [0.5, 0.6) is 11.5 Å². The second-order valence-corrected chi connectivity index (χ2v) is 16.2. The number of carbonyl (C=O) groups is 3. The predicted molar refractivity (Wildman–Crippen MR) is 186 cm³/mol. The van der Waals surface area contributed by atoms with E-state index in [-0.39, 0.29) is 58.1 Å². The minimum Gasteiger partial charge on any atom is -0.497 e. The topological polar surface area (TPSA) is 118 Å². The maximum Gasteiger partial charge on any atom is 0.305 e. The molecule has 2 aliphatic carbocycles. The lowest BCUT2D eigenvalue weighted by Crippen LogP contribution is -2.42. The molecule has 0 spiro atoms. The fourth-order valence-electron chi connectivity index (χ4n) is 8.12. The summed E-state index contributed by atoms with van der Waals surface area (Å²) in [6.45, 7) is -0.224. The van der Waals surface area contributed by atoms with Crippen molar-refractivity contribution in [1.29, 1.82) is 0 Å². The van der Waals surface area contributed by atoms with Crippen molar-refractivity contribution >= 4 is 84.1 Å². The molecule has 4 aliphatic rings. The maximum atomic E-state index is 14.1. The molecule has 1 aromatic heterocycles. The number of thioether (sulfide) groups is 1. The highest BCUT2D eigenvalue weighted by Gasteiger charge is 2.69. The van der Waals surface area contributed by atoms with Crippen molar-refractivity contribution in [3.8, 4) is 11.5 Å². The minimum absolute atomic E-state index is 0.0113. The lowest BCUT2D eigenvalue weighted by molar-refractivity contribution is -0.123. The number of hydrogen-bond donors (Lipinski definition) is 2. The number of rotatable bonds is 7. The van der Waals surface area contributed by atoms with E-state index in [0.29, 0.717) is 22.9 Å². The van der Waals surface area contributed by atoms with Crippen molar-refractivity contribution in [2.75, 3.05) is 23.9 Å². The SMILES string of the molecule is COc1ccc(NC(=O)COc2ccc(Br)cc2[C@H]2c3sc(=O)[nH]c3SC3C4CC(C5C(=O)N(c6ccc(Br)cc6)C(=O)C45)C32)cc1. The van der Waals surface area contributed by atoms with Gasteiger partial charge < -0.3 is 19.8 Å². The van der Waals surface area contributed by atoms with Gasteiger partial charge in [0.1, 0.15) is 11.5 Å². The third-order valence-electron chi connectivity index (χ3n) is 9.85. The number of amides is 3. The lowest BCUT2D eigenvalue weighted by Gasteiger charge is -2.43. The molecule has 2 bridgehead atoms. The highest BCUT2D eigenvalue weighted by Crippen LogP contribution is 2.69. The number of hydrogen-bond acceptors (Lipinski definition) is 8. The normalized spacial score (nSPS) is 27.0. The van der Waals surface area contributed by atoms with Gasteiger partial charge in [-0.25, -0.2) is 0 Å². The highest BCUT2D eigenvalue weighted by molar-refractivity contribution is 9.10. The summed E-state index contributed by atoms with van der Waals surface area (Å²) in [5, 5.41) is 3.68. The number of thiazole rings is 1. The summed E-state index contributed by atoms with van der Waals surface area (Å²) in [6.07, 6.45) is 0.771. The molecule has 8 rings (SSSR count). The third kappa shape index (κ3) is 5.17. The molecule has 3 aromatic carbocycles. The van der Waals surface area contributed by atoms with Crippen LogP contribution in [0.25, 0.3) is 0 Å². The lowest BCUT2D eigenvalue weighted by atomic mass is 9.68. The first-order chi connectivity index (χ1) is 22.7. The average Bonchev–Trinajstić information content (AvgIpc) is 3.80. The van der Waals surface area contributed by atoms with Gasteiger partial charge in [0, 0.05) is 36.2 Å². The number of imide groups is 1. The molecule has 6 unspecified atom stereocenters. The maximum absolute atomic E-state index is 14.1. The quantitative estimate of drug-likeness (QED) is 0.201. The first-order valence-corrected chi connectivity index (χ1v) is 18.4. The van der Waals surface area contributed by atoms with Crippen molar-refractivity contribution in [2.24, 2.45) is 29.6 Å². The molecule has 2 aliphatic heterocycles. The average molecular weight is 798 g/mol. The Kier molecular flexibility index (Phi) is 7.85. The van der Waals surface area contributed by atoms with Crippen molar-refractivity contribution in [3.05, 3.63) is 95.8 Å². The Bertz CT molecular complexity index is 1980. The number of fused-ring (bicyclic) bond motifs is 9. The van der Waals surface area contributed by atoms with Crippen molar-refractivity contribution in [2.45, 2.75) is 22.6 Å². The van der Waals surface area contributed by atoms with Crippen molar-refractivity contribution < 1.29 is 23.9 Å². The van der Waals surface area contributed by atoms with E-state index < -0.39 is 11.8 Å². The third-order valence-corrected chi connectivity index (χ3v) is 13.5. The van der Waals surface area contributed by atoms with Gasteiger partial charge >= 0.3 is 4.87 Å². The number of nitrogens with zero attached hydrogens (tertiary/aromatic N) is 1. The van der Waals surface area contributed by atoms with Gasteiger partial charge in [0.15, 0.2) is 6.61 Å². The van der Waals surface area contributed by atoms with Crippen LogP contribution < -0.4 is 24.6 Å². The summed E-state index contributed by atoms with van der Waals surface area (Å²) in [7, 11) is 1.58. The van der Waals surface area contributed by atoms with Gasteiger partial charge in [-0.3, -0.25) is 24.1 Å². The summed E-state index contributed by atoms with van der Waals surface area (Å²) in [4.78, 5) is 58.9. The fourth-order valence-corrected chi connectivity index (χ4v) is 11.6. The van der Waals surface area contributed by atoms with Crippen LogP contribution in [0.2, 0.25) is 0 Å². The molecule has 2 saturated carbocycles. The van der Waals surface area contributed by atoms with E-state index in [1.165, 1.54) is 16.2 Å². The molecule has 0 radical (unpaired) electrons. The second-order valence-electron chi connectivity index (χ2n) is 12.2. The molecule has 47 heavy (non-hydrogen) atoms. The van der Waals surface area contributed by atoms with Crippen LogP contribution in [-0.2, 0) is 14.4 Å². The van der Waals surface area contributed by atoms with Crippen molar-refractivity contribution in [1.82, 2.24) is 4.98 Å². The number of carbonyl (C=O) groups excluding carboxylic acids is 3. The number of halogens is 2. The molecule has 3 heterocycles. The van der Waals surface area contributed by atoms with Crippen LogP contribution in [0.15, 0.2) is 85.5 Å². The molecule has 1 saturated heterocycles. The van der Waals surface area contributed by atoms with E-state index >= 15 is 0 Å². The fraction of sp³-hybridized carbons (Fsp3) is 0.294. The zero-order valence-corrected chi connectivity index (χ0v) is 29.6. The Morgan fingerprint density at radius 1 is 0.957 bits per heavy atom. The zero-order valence-electron chi connectivity index (χ0n) is 24.8. The Balaban J connectivity index is 1.12.